The number of nitrogen functional groups attached to an aromatic ring is 1. The molecule has 0 aliphatic rings. The quantitative estimate of drug-likeness (QED) is 0.636. The van der Waals surface area contributed by atoms with Crippen LogP contribution in [0, 0.1) is 5.92 Å². The molecule has 0 atom stereocenters. The maximum absolute atomic E-state index is 5.97. The van der Waals surface area contributed by atoms with Crippen molar-refractivity contribution >= 4 is 27.7 Å². The third-order valence-corrected chi connectivity index (χ3v) is 4.31. The Balaban J connectivity index is 1.96. The van der Waals surface area contributed by atoms with E-state index in [1.165, 1.54) is 4.68 Å². The SMILES string of the molecule is CC(C)CSc1nnc(COc2cccc(Br)c2)n1N. The molecule has 0 fully saturated rings. The van der Waals surface area contributed by atoms with E-state index >= 15 is 0 Å². The van der Waals surface area contributed by atoms with E-state index in [-0.39, 0.29) is 0 Å². The van der Waals surface area contributed by atoms with Crippen LogP contribution in [0.15, 0.2) is 33.9 Å². The van der Waals surface area contributed by atoms with Crippen molar-refractivity contribution in [1.82, 2.24) is 14.9 Å². The predicted molar refractivity (Wildman–Crippen MR) is 84.2 cm³/mol. The zero-order valence-electron chi connectivity index (χ0n) is 11.4. The molecule has 7 heteroatoms. The molecule has 0 unspecified atom stereocenters. The molecule has 0 saturated carbocycles. The number of ether oxygens (including phenoxy) is 1. The monoisotopic (exact) mass is 356 g/mol. The summed E-state index contributed by atoms with van der Waals surface area (Å²) in [6.45, 7) is 4.60. The molecule has 1 aromatic carbocycles. The average Bonchev–Trinajstić information content (AvgIpc) is 2.75. The van der Waals surface area contributed by atoms with Crippen LogP contribution < -0.4 is 10.6 Å². The molecule has 2 rings (SSSR count). The third kappa shape index (κ3) is 4.14. The highest BCUT2D eigenvalue weighted by Gasteiger charge is 2.11. The van der Waals surface area contributed by atoms with E-state index in [0.717, 1.165) is 16.0 Å². The highest BCUT2D eigenvalue weighted by Crippen LogP contribution is 2.20. The molecule has 0 aliphatic carbocycles. The van der Waals surface area contributed by atoms with Crippen LogP contribution in [0.3, 0.4) is 0 Å². The number of hydrogen-bond acceptors (Lipinski definition) is 5. The molecule has 2 N–H and O–H groups in total. The van der Waals surface area contributed by atoms with Crippen molar-refractivity contribution in [3.63, 3.8) is 0 Å². The molecule has 5 nitrogen and oxygen atoms in total. The van der Waals surface area contributed by atoms with Crippen LogP contribution in [-0.4, -0.2) is 20.6 Å². The van der Waals surface area contributed by atoms with Gasteiger partial charge >= 0.3 is 0 Å². The largest absolute Gasteiger partial charge is 0.485 e. The standard InChI is InChI=1S/C13H17BrN4OS/c1-9(2)8-20-13-17-16-12(18(13)15)7-19-11-5-3-4-10(14)6-11/h3-6,9H,7-8,15H2,1-2H3. The summed E-state index contributed by atoms with van der Waals surface area (Å²) in [6, 6.07) is 7.64. The molecule has 0 spiro atoms. The molecule has 0 amide bonds. The maximum atomic E-state index is 5.97. The highest BCUT2D eigenvalue weighted by molar-refractivity contribution is 9.10. The summed E-state index contributed by atoms with van der Waals surface area (Å²) in [6.07, 6.45) is 0. The van der Waals surface area contributed by atoms with Gasteiger partial charge in [-0.2, -0.15) is 0 Å². The topological polar surface area (TPSA) is 66.0 Å². The summed E-state index contributed by atoms with van der Waals surface area (Å²) in [5.41, 5.74) is 0. The summed E-state index contributed by atoms with van der Waals surface area (Å²) < 4.78 is 8.11. The summed E-state index contributed by atoms with van der Waals surface area (Å²) in [5, 5.41) is 8.86. The highest BCUT2D eigenvalue weighted by atomic mass is 79.9. The number of aromatic nitrogens is 3. The van der Waals surface area contributed by atoms with Gasteiger partial charge in [-0.25, -0.2) is 4.68 Å². The minimum atomic E-state index is 0.294. The first-order valence-corrected chi connectivity index (χ1v) is 8.04. The van der Waals surface area contributed by atoms with E-state index in [2.05, 4.69) is 40.0 Å². The van der Waals surface area contributed by atoms with Crippen LogP contribution in [0.4, 0.5) is 0 Å². The number of thioether (sulfide) groups is 1. The molecule has 0 bridgehead atoms. The summed E-state index contributed by atoms with van der Waals surface area (Å²) in [7, 11) is 0. The van der Waals surface area contributed by atoms with Gasteiger partial charge in [-0.15, -0.1) is 10.2 Å². The van der Waals surface area contributed by atoms with Crippen LogP contribution >= 0.6 is 27.7 Å². The minimum Gasteiger partial charge on any atom is -0.485 e. The first-order valence-electron chi connectivity index (χ1n) is 6.27. The third-order valence-electron chi connectivity index (χ3n) is 2.44. The molecule has 1 aromatic heterocycles. The van der Waals surface area contributed by atoms with E-state index in [4.69, 9.17) is 10.6 Å². The Hall–Kier alpha value is -1.21. The van der Waals surface area contributed by atoms with Gasteiger partial charge in [0.2, 0.25) is 5.16 Å². The van der Waals surface area contributed by atoms with Crippen molar-refractivity contribution in [3.05, 3.63) is 34.6 Å². The van der Waals surface area contributed by atoms with Gasteiger partial charge < -0.3 is 10.6 Å². The number of nitrogens with two attached hydrogens (primary N) is 1. The Morgan fingerprint density at radius 2 is 2.20 bits per heavy atom. The van der Waals surface area contributed by atoms with Gasteiger partial charge in [0.15, 0.2) is 5.82 Å². The molecular weight excluding hydrogens is 340 g/mol. The first kappa shape index (κ1) is 15.2. The van der Waals surface area contributed by atoms with E-state index in [1.54, 1.807) is 11.8 Å². The van der Waals surface area contributed by atoms with Gasteiger partial charge in [0, 0.05) is 10.2 Å². The minimum absolute atomic E-state index is 0.294. The zero-order chi connectivity index (χ0) is 14.5. The van der Waals surface area contributed by atoms with Crippen LogP contribution in [-0.2, 0) is 6.61 Å². The van der Waals surface area contributed by atoms with Gasteiger partial charge in [0.25, 0.3) is 0 Å². The van der Waals surface area contributed by atoms with Gasteiger partial charge in [0.05, 0.1) is 0 Å². The van der Waals surface area contributed by atoms with Crippen LogP contribution in [0.1, 0.15) is 19.7 Å². The van der Waals surface area contributed by atoms with Crippen LogP contribution in [0.5, 0.6) is 5.75 Å². The lowest BCUT2D eigenvalue weighted by Crippen LogP contribution is -2.16. The first-order chi connectivity index (χ1) is 9.56. The molecule has 0 radical (unpaired) electrons. The molecular formula is C13H17BrN4OS. The number of halogens is 1. The molecule has 1 heterocycles. The zero-order valence-corrected chi connectivity index (χ0v) is 13.8. The van der Waals surface area contributed by atoms with Gasteiger partial charge in [0.1, 0.15) is 12.4 Å². The summed E-state index contributed by atoms with van der Waals surface area (Å²) in [5.74, 6) is 8.88. The van der Waals surface area contributed by atoms with Crippen molar-refractivity contribution in [2.24, 2.45) is 5.92 Å². The van der Waals surface area contributed by atoms with E-state index in [9.17, 15) is 0 Å². The fourth-order valence-corrected chi connectivity index (χ4v) is 2.65. The number of benzene rings is 1. The Morgan fingerprint density at radius 1 is 1.40 bits per heavy atom. The second-order valence-electron chi connectivity index (χ2n) is 4.72. The number of hydrogen-bond donors (Lipinski definition) is 1. The lowest BCUT2D eigenvalue weighted by atomic mass is 10.3. The van der Waals surface area contributed by atoms with Crippen molar-refractivity contribution in [2.75, 3.05) is 11.6 Å². The van der Waals surface area contributed by atoms with Crippen LogP contribution in [0.2, 0.25) is 0 Å². The Kier molecular flexibility index (Phi) is 5.31. The Labute approximate surface area is 131 Å². The van der Waals surface area contributed by atoms with Crippen molar-refractivity contribution in [2.45, 2.75) is 25.6 Å². The molecule has 0 saturated heterocycles. The smallest absolute Gasteiger partial charge is 0.209 e. The number of rotatable bonds is 6. The maximum Gasteiger partial charge on any atom is 0.209 e. The van der Waals surface area contributed by atoms with Gasteiger partial charge in [-0.1, -0.05) is 47.6 Å². The van der Waals surface area contributed by atoms with E-state index in [1.807, 2.05) is 24.3 Å². The predicted octanol–water partition coefficient (Wildman–Crippen LogP) is 3.08. The lowest BCUT2D eigenvalue weighted by molar-refractivity contribution is 0.291. The fourth-order valence-electron chi connectivity index (χ4n) is 1.45. The second kappa shape index (κ2) is 6.99. The molecule has 0 aliphatic heterocycles. The van der Waals surface area contributed by atoms with Crippen LogP contribution in [0.25, 0.3) is 0 Å². The second-order valence-corrected chi connectivity index (χ2v) is 6.62. The van der Waals surface area contributed by atoms with E-state index in [0.29, 0.717) is 23.5 Å². The molecule has 2 aromatic rings. The Bertz CT molecular complexity index is 573. The van der Waals surface area contributed by atoms with E-state index < -0.39 is 0 Å². The van der Waals surface area contributed by atoms with Crippen molar-refractivity contribution < 1.29 is 4.74 Å². The summed E-state index contributed by atoms with van der Waals surface area (Å²) in [4.78, 5) is 0. The normalized spacial score (nSPS) is 11.0. The average molecular weight is 357 g/mol. The summed E-state index contributed by atoms with van der Waals surface area (Å²) >= 11 is 5.00. The fraction of sp³-hybridized carbons (Fsp3) is 0.385. The molecule has 108 valence electrons. The van der Waals surface area contributed by atoms with Crippen molar-refractivity contribution in [1.29, 1.82) is 0 Å². The Morgan fingerprint density at radius 3 is 2.90 bits per heavy atom. The number of nitrogens with zero attached hydrogens (tertiary/aromatic N) is 3. The molecule has 20 heavy (non-hydrogen) atoms. The lowest BCUT2D eigenvalue weighted by Gasteiger charge is -2.07. The van der Waals surface area contributed by atoms with Gasteiger partial charge in [-0.05, 0) is 24.1 Å². The van der Waals surface area contributed by atoms with Gasteiger partial charge in [-0.3, -0.25) is 0 Å². The van der Waals surface area contributed by atoms with Crippen molar-refractivity contribution in [3.8, 4) is 5.75 Å².